The number of benzene rings is 2. The molecule has 0 aromatic heterocycles. The Bertz CT molecular complexity index is 1090. The first-order valence-electron chi connectivity index (χ1n) is 10.7. The van der Waals surface area contributed by atoms with E-state index in [0.717, 1.165) is 18.4 Å². The third-order valence-electron chi connectivity index (χ3n) is 6.28. The predicted molar refractivity (Wildman–Crippen MR) is 114 cm³/mol. The smallest absolute Gasteiger partial charge is 0.319 e. The van der Waals surface area contributed by atoms with E-state index < -0.39 is 23.7 Å². The molecule has 2 amide bonds. The second-order valence-electron chi connectivity index (χ2n) is 8.12. The summed E-state index contributed by atoms with van der Waals surface area (Å²) in [6.07, 6.45) is 2.14. The minimum atomic E-state index is -0.851. The van der Waals surface area contributed by atoms with Crippen molar-refractivity contribution in [2.45, 2.75) is 26.2 Å². The molecule has 0 bridgehead atoms. The zero-order valence-corrected chi connectivity index (χ0v) is 17.2. The van der Waals surface area contributed by atoms with Gasteiger partial charge in [0, 0.05) is 17.6 Å². The third kappa shape index (κ3) is 3.05. The molecule has 2 aromatic carbocycles. The number of hydrogen-bond donors (Lipinski definition) is 0. The van der Waals surface area contributed by atoms with E-state index in [4.69, 9.17) is 9.47 Å². The molecule has 0 radical (unpaired) electrons. The van der Waals surface area contributed by atoms with Gasteiger partial charge in [-0.3, -0.25) is 19.3 Å². The number of unbranched alkanes of at least 4 members (excludes halogenated alkanes) is 1. The van der Waals surface area contributed by atoms with E-state index in [1.54, 1.807) is 36.4 Å². The van der Waals surface area contributed by atoms with Crippen LogP contribution in [0.5, 0.6) is 5.75 Å². The van der Waals surface area contributed by atoms with Gasteiger partial charge in [0.15, 0.2) is 0 Å². The topological polar surface area (TPSA) is 72.9 Å². The van der Waals surface area contributed by atoms with Crippen molar-refractivity contribution in [3.8, 4) is 5.75 Å². The van der Waals surface area contributed by atoms with Crippen molar-refractivity contribution >= 4 is 29.0 Å². The van der Waals surface area contributed by atoms with Gasteiger partial charge in [0.2, 0.25) is 11.8 Å². The molecule has 3 atom stereocenters. The predicted octanol–water partition coefficient (Wildman–Crippen LogP) is 3.96. The molecule has 0 spiro atoms. The fraction of sp³-hybridized carbons (Fsp3) is 0.320. The van der Waals surface area contributed by atoms with E-state index in [9.17, 15) is 14.4 Å². The van der Waals surface area contributed by atoms with E-state index >= 15 is 0 Å². The summed E-state index contributed by atoms with van der Waals surface area (Å²) in [6, 6.07) is 16.2. The zero-order chi connectivity index (χ0) is 21.5. The SMILES string of the molecule is CCCCOC1=C2c3ccccc3OC(=O)C2[C@H]2C(=O)N(c3ccccc3)C(=O)[C@H]2C1. The summed E-state index contributed by atoms with van der Waals surface area (Å²) in [6.45, 7) is 2.58. The van der Waals surface area contributed by atoms with Crippen LogP contribution in [0, 0.1) is 17.8 Å². The Kier molecular flexibility index (Phi) is 4.85. The van der Waals surface area contributed by atoms with Gasteiger partial charge < -0.3 is 9.47 Å². The van der Waals surface area contributed by atoms with Crippen LogP contribution >= 0.6 is 0 Å². The van der Waals surface area contributed by atoms with Crippen LogP contribution in [0.15, 0.2) is 60.4 Å². The maximum absolute atomic E-state index is 13.5. The quantitative estimate of drug-likeness (QED) is 0.319. The van der Waals surface area contributed by atoms with Crippen LogP contribution in [0.1, 0.15) is 31.7 Å². The lowest BCUT2D eigenvalue weighted by Crippen LogP contribution is -2.42. The second kappa shape index (κ2) is 7.69. The summed E-state index contributed by atoms with van der Waals surface area (Å²) in [5.74, 6) is -2.34. The monoisotopic (exact) mass is 417 g/mol. The standard InChI is InChI=1S/C25H23NO5/c1-2-3-13-30-19-14-17-21(24(28)26(23(17)27)15-9-5-4-6-10-15)22-20(19)16-11-7-8-12-18(16)31-25(22)29/h4-12,17,21-22H,2-3,13-14H2,1H3/t17-,21-,22?/m0/s1. The van der Waals surface area contributed by atoms with Crippen LogP contribution in [0.2, 0.25) is 0 Å². The summed E-state index contributed by atoms with van der Waals surface area (Å²) >= 11 is 0. The van der Waals surface area contributed by atoms with Crippen LogP contribution < -0.4 is 9.64 Å². The number of carbonyl (C=O) groups excluding carboxylic acids is 3. The molecule has 2 heterocycles. The lowest BCUT2D eigenvalue weighted by molar-refractivity contribution is -0.143. The van der Waals surface area contributed by atoms with Crippen molar-refractivity contribution in [3.05, 3.63) is 65.9 Å². The number of carbonyl (C=O) groups is 3. The van der Waals surface area contributed by atoms with Gasteiger partial charge in [-0.15, -0.1) is 0 Å². The molecule has 158 valence electrons. The maximum atomic E-state index is 13.5. The molecule has 0 saturated carbocycles. The van der Waals surface area contributed by atoms with Gasteiger partial charge in [-0.2, -0.15) is 0 Å². The summed E-state index contributed by atoms with van der Waals surface area (Å²) < 4.78 is 11.7. The lowest BCUT2D eigenvalue weighted by Gasteiger charge is -2.36. The molecular formula is C25H23NO5. The number of para-hydroxylation sites is 2. The highest BCUT2D eigenvalue weighted by atomic mass is 16.5. The minimum Gasteiger partial charge on any atom is -0.498 e. The van der Waals surface area contributed by atoms with Gasteiger partial charge in [0.05, 0.1) is 30.0 Å². The Morgan fingerprint density at radius 1 is 1.00 bits per heavy atom. The maximum Gasteiger partial charge on any atom is 0.319 e. The Balaban J connectivity index is 1.62. The zero-order valence-electron chi connectivity index (χ0n) is 17.2. The van der Waals surface area contributed by atoms with E-state index in [0.29, 0.717) is 35.8 Å². The molecule has 6 heteroatoms. The summed E-state index contributed by atoms with van der Waals surface area (Å²) in [7, 11) is 0. The van der Waals surface area contributed by atoms with Crippen LogP contribution in [0.4, 0.5) is 5.69 Å². The van der Waals surface area contributed by atoms with E-state index in [2.05, 4.69) is 6.92 Å². The van der Waals surface area contributed by atoms with Crippen LogP contribution in [-0.4, -0.2) is 24.4 Å². The Hall–Kier alpha value is -3.41. The normalized spacial score (nSPS) is 24.5. The van der Waals surface area contributed by atoms with Crippen molar-refractivity contribution in [2.24, 2.45) is 17.8 Å². The molecular weight excluding hydrogens is 394 g/mol. The number of imide groups is 1. The van der Waals surface area contributed by atoms with Crippen LogP contribution in [-0.2, 0) is 19.1 Å². The fourth-order valence-electron chi connectivity index (χ4n) is 4.84. The van der Waals surface area contributed by atoms with Gasteiger partial charge in [0.25, 0.3) is 0 Å². The Morgan fingerprint density at radius 2 is 1.74 bits per heavy atom. The van der Waals surface area contributed by atoms with Crippen molar-refractivity contribution < 1.29 is 23.9 Å². The lowest BCUT2D eigenvalue weighted by atomic mass is 9.69. The molecule has 31 heavy (non-hydrogen) atoms. The number of anilines is 1. The average Bonchev–Trinajstić information content (AvgIpc) is 3.04. The minimum absolute atomic E-state index is 0.288. The average molecular weight is 417 g/mol. The molecule has 2 aromatic rings. The van der Waals surface area contributed by atoms with Gasteiger partial charge in [0.1, 0.15) is 11.5 Å². The highest BCUT2D eigenvalue weighted by molar-refractivity contribution is 6.24. The van der Waals surface area contributed by atoms with Gasteiger partial charge in [-0.05, 0) is 24.6 Å². The highest BCUT2D eigenvalue weighted by Crippen LogP contribution is 2.53. The molecule has 2 aliphatic heterocycles. The Labute approximate surface area is 180 Å². The van der Waals surface area contributed by atoms with E-state index in [-0.39, 0.29) is 11.8 Å². The molecule has 1 fully saturated rings. The Morgan fingerprint density at radius 3 is 2.52 bits per heavy atom. The molecule has 1 unspecified atom stereocenters. The number of amides is 2. The third-order valence-corrected chi connectivity index (χ3v) is 6.28. The number of ether oxygens (including phenoxy) is 2. The van der Waals surface area contributed by atoms with Crippen molar-refractivity contribution in [3.63, 3.8) is 0 Å². The van der Waals surface area contributed by atoms with Crippen molar-refractivity contribution in [1.29, 1.82) is 0 Å². The molecule has 5 rings (SSSR count). The molecule has 3 aliphatic rings. The highest BCUT2D eigenvalue weighted by Gasteiger charge is 2.59. The summed E-state index contributed by atoms with van der Waals surface area (Å²) in [5, 5.41) is 0. The van der Waals surface area contributed by atoms with Crippen LogP contribution in [0.25, 0.3) is 5.57 Å². The van der Waals surface area contributed by atoms with Gasteiger partial charge >= 0.3 is 5.97 Å². The largest absolute Gasteiger partial charge is 0.498 e. The summed E-state index contributed by atoms with van der Waals surface area (Å²) in [5.41, 5.74) is 1.97. The molecule has 0 N–H and O–H groups in total. The van der Waals surface area contributed by atoms with Gasteiger partial charge in [-0.1, -0.05) is 49.7 Å². The number of rotatable bonds is 5. The van der Waals surface area contributed by atoms with Crippen LogP contribution in [0.3, 0.4) is 0 Å². The van der Waals surface area contributed by atoms with Gasteiger partial charge in [-0.25, -0.2) is 0 Å². The second-order valence-corrected chi connectivity index (χ2v) is 8.12. The first kappa shape index (κ1) is 19.5. The number of allylic oxidation sites excluding steroid dienone is 1. The molecule has 1 aliphatic carbocycles. The van der Waals surface area contributed by atoms with E-state index in [1.165, 1.54) is 4.90 Å². The molecule has 1 saturated heterocycles. The first-order valence-corrected chi connectivity index (χ1v) is 10.7. The number of esters is 1. The van der Waals surface area contributed by atoms with Crippen molar-refractivity contribution in [2.75, 3.05) is 11.5 Å². The van der Waals surface area contributed by atoms with Crippen molar-refractivity contribution in [1.82, 2.24) is 0 Å². The number of hydrogen-bond acceptors (Lipinski definition) is 5. The first-order chi connectivity index (χ1) is 15.1. The summed E-state index contributed by atoms with van der Waals surface area (Å²) in [4.78, 5) is 41.1. The number of fused-ring (bicyclic) bond motifs is 5. The van der Waals surface area contributed by atoms with E-state index in [1.807, 2.05) is 18.2 Å². The number of nitrogens with zero attached hydrogens (tertiary/aromatic N) is 1. The molecule has 6 nitrogen and oxygen atoms in total. The fourth-order valence-corrected chi connectivity index (χ4v) is 4.84.